The van der Waals surface area contributed by atoms with Crippen molar-refractivity contribution >= 4 is 17.3 Å². The zero-order valence-electron chi connectivity index (χ0n) is 9.76. The number of nitrogen functional groups attached to an aromatic ring is 2. The predicted molar refractivity (Wildman–Crippen MR) is 66.7 cm³/mol. The van der Waals surface area contributed by atoms with Gasteiger partial charge in [0, 0.05) is 11.4 Å². The van der Waals surface area contributed by atoms with Crippen LogP contribution in [-0.4, -0.2) is 46.6 Å². The highest BCUT2D eigenvalue weighted by Crippen LogP contribution is 2.16. The molecule has 0 aromatic heterocycles. The Morgan fingerprint density at radius 3 is 2.22 bits per heavy atom. The Hall–Kier alpha value is -1.83. The fraction of sp³-hybridized carbons (Fsp3) is 0.364. The van der Waals surface area contributed by atoms with Crippen LogP contribution in [0.2, 0.25) is 0 Å². The third-order valence-corrected chi connectivity index (χ3v) is 2.61. The largest absolute Gasteiger partial charge is 0.399 e. The monoisotopic (exact) mass is 255 g/mol. The number of amides is 1. The van der Waals surface area contributed by atoms with Crippen LogP contribution in [0.15, 0.2) is 18.2 Å². The molecule has 1 aromatic rings. The van der Waals surface area contributed by atoms with Crippen molar-refractivity contribution in [2.45, 2.75) is 5.54 Å². The molecule has 0 saturated heterocycles. The highest BCUT2D eigenvalue weighted by molar-refractivity contribution is 6.00. The SMILES string of the molecule is Nc1ccc(N)c(C(=O)NC(CO)(CO)CO)c1. The summed E-state index contributed by atoms with van der Waals surface area (Å²) in [5.74, 6) is -0.628. The molecule has 0 spiro atoms. The van der Waals surface area contributed by atoms with Crippen LogP contribution in [0.4, 0.5) is 11.4 Å². The van der Waals surface area contributed by atoms with E-state index in [0.717, 1.165) is 0 Å². The van der Waals surface area contributed by atoms with Gasteiger partial charge in [0.1, 0.15) is 5.54 Å². The molecule has 100 valence electrons. The summed E-state index contributed by atoms with van der Waals surface area (Å²) in [5.41, 5.74) is 10.4. The lowest BCUT2D eigenvalue weighted by Gasteiger charge is -2.28. The Morgan fingerprint density at radius 2 is 1.72 bits per heavy atom. The average Bonchev–Trinajstić information content (AvgIpc) is 2.38. The second-order valence-electron chi connectivity index (χ2n) is 4.06. The van der Waals surface area contributed by atoms with Gasteiger partial charge in [0.15, 0.2) is 0 Å². The predicted octanol–water partition coefficient (Wildman–Crippen LogP) is -1.70. The minimum atomic E-state index is -1.49. The number of carbonyl (C=O) groups is 1. The molecule has 8 N–H and O–H groups in total. The van der Waals surface area contributed by atoms with Crippen LogP contribution in [0.5, 0.6) is 0 Å². The van der Waals surface area contributed by atoms with Gasteiger partial charge in [-0.25, -0.2) is 0 Å². The quantitative estimate of drug-likeness (QED) is 0.346. The van der Waals surface area contributed by atoms with E-state index in [1.54, 1.807) is 6.07 Å². The van der Waals surface area contributed by atoms with E-state index in [2.05, 4.69) is 5.32 Å². The van der Waals surface area contributed by atoms with Crippen LogP contribution in [0.1, 0.15) is 10.4 Å². The normalized spacial score (nSPS) is 11.3. The molecule has 7 heteroatoms. The zero-order chi connectivity index (χ0) is 13.8. The summed E-state index contributed by atoms with van der Waals surface area (Å²) in [7, 11) is 0. The molecule has 0 aliphatic rings. The van der Waals surface area contributed by atoms with Crippen LogP contribution < -0.4 is 16.8 Å². The van der Waals surface area contributed by atoms with Crippen molar-refractivity contribution in [3.8, 4) is 0 Å². The summed E-state index contributed by atoms with van der Waals surface area (Å²) < 4.78 is 0. The first-order chi connectivity index (χ1) is 8.48. The number of hydrogen-bond acceptors (Lipinski definition) is 6. The van der Waals surface area contributed by atoms with Gasteiger partial charge in [0.2, 0.25) is 0 Å². The number of benzene rings is 1. The summed E-state index contributed by atoms with van der Waals surface area (Å²) in [5, 5.41) is 29.7. The number of aliphatic hydroxyl groups is 3. The van der Waals surface area contributed by atoms with E-state index in [1.807, 2.05) is 0 Å². The second-order valence-corrected chi connectivity index (χ2v) is 4.06. The van der Waals surface area contributed by atoms with Gasteiger partial charge in [-0.2, -0.15) is 0 Å². The van der Waals surface area contributed by atoms with E-state index < -0.39 is 31.3 Å². The molecule has 7 nitrogen and oxygen atoms in total. The van der Waals surface area contributed by atoms with E-state index in [1.165, 1.54) is 12.1 Å². The minimum Gasteiger partial charge on any atom is -0.399 e. The molecule has 0 heterocycles. The van der Waals surface area contributed by atoms with Crippen molar-refractivity contribution in [1.29, 1.82) is 0 Å². The first-order valence-corrected chi connectivity index (χ1v) is 5.28. The Balaban J connectivity index is 2.97. The summed E-state index contributed by atoms with van der Waals surface area (Å²) in [6.45, 7) is -1.81. The Bertz CT molecular complexity index is 424. The molecular weight excluding hydrogens is 238 g/mol. The summed E-state index contributed by atoms with van der Waals surface area (Å²) in [6, 6.07) is 4.40. The van der Waals surface area contributed by atoms with Crippen LogP contribution in [0, 0.1) is 0 Å². The number of aliphatic hydroxyl groups excluding tert-OH is 3. The van der Waals surface area contributed by atoms with Crippen molar-refractivity contribution in [2.75, 3.05) is 31.3 Å². The highest BCUT2D eigenvalue weighted by Gasteiger charge is 2.30. The molecule has 0 fully saturated rings. The van der Waals surface area contributed by atoms with Crippen LogP contribution >= 0.6 is 0 Å². The number of nitrogens with one attached hydrogen (secondary N) is 1. The molecule has 0 aliphatic heterocycles. The first kappa shape index (κ1) is 14.2. The Labute approximate surface area is 104 Å². The molecule has 0 atom stereocenters. The van der Waals surface area contributed by atoms with Crippen LogP contribution in [0.25, 0.3) is 0 Å². The summed E-state index contributed by atoms with van der Waals surface area (Å²) in [4.78, 5) is 11.9. The van der Waals surface area contributed by atoms with Crippen molar-refractivity contribution in [1.82, 2.24) is 5.32 Å². The zero-order valence-corrected chi connectivity index (χ0v) is 9.76. The highest BCUT2D eigenvalue weighted by atomic mass is 16.3. The molecule has 0 bridgehead atoms. The maximum absolute atomic E-state index is 11.9. The molecule has 1 amide bonds. The van der Waals surface area contributed by atoms with Crippen molar-refractivity contribution in [3.63, 3.8) is 0 Å². The molecule has 1 aromatic carbocycles. The summed E-state index contributed by atoms with van der Waals surface area (Å²) >= 11 is 0. The fourth-order valence-electron chi connectivity index (χ4n) is 1.35. The first-order valence-electron chi connectivity index (χ1n) is 5.28. The molecular formula is C11H17N3O4. The molecule has 0 aliphatic carbocycles. The second kappa shape index (κ2) is 5.67. The lowest BCUT2D eigenvalue weighted by Crippen LogP contribution is -2.57. The molecule has 18 heavy (non-hydrogen) atoms. The lowest BCUT2D eigenvalue weighted by atomic mass is 10.0. The lowest BCUT2D eigenvalue weighted by molar-refractivity contribution is 0.0375. The van der Waals surface area contributed by atoms with Gasteiger partial charge in [-0.1, -0.05) is 0 Å². The maximum atomic E-state index is 11.9. The number of rotatable bonds is 5. The van der Waals surface area contributed by atoms with Crippen LogP contribution in [-0.2, 0) is 0 Å². The number of anilines is 2. The third kappa shape index (κ3) is 2.89. The standard InChI is InChI=1S/C11H17N3O4/c12-7-1-2-9(13)8(3-7)10(18)14-11(4-15,5-16)6-17/h1-3,15-17H,4-6,12-13H2,(H,14,18). The maximum Gasteiger partial charge on any atom is 0.254 e. The van der Waals surface area contributed by atoms with Crippen molar-refractivity contribution in [3.05, 3.63) is 23.8 Å². The van der Waals surface area contributed by atoms with Gasteiger partial charge in [-0.15, -0.1) is 0 Å². The third-order valence-electron chi connectivity index (χ3n) is 2.61. The van der Waals surface area contributed by atoms with Crippen LogP contribution in [0.3, 0.4) is 0 Å². The fourth-order valence-corrected chi connectivity index (χ4v) is 1.35. The molecule has 0 radical (unpaired) electrons. The van der Waals surface area contributed by atoms with E-state index in [-0.39, 0.29) is 11.3 Å². The van der Waals surface area contributed by atoms with E-state index in [0.29, 0.717) is 5.69 Å². The van der Waals surface area contributed by atoms with E-state index in [4.69, 9.17) is 26.8 Å². The van der Waals surface area contributed by atoms with E-state index >= 15 is 0 Å². The number of nitrogens with two attached hydrogens (primary N) is 2. The van der Waals surface area contributed by atoms with Gasteiger partial charge in [0.25, 0.3) is 5.91 Å². The molecule has 0 unspecified atom stereocenters. The van der Waals surface area contributed by atoms with E-state index in [9.17, 15) is 4.79 Å². The minimum absolute atomic E-state index is 0.120. The van der Waals surface area contributed by atoms with Gasteiger partial charge in [-0.3, -0.25) is 4.79 Å². The summed E-state index contributed by atoms with van der Waals surface area (Å²) in [6.07, 6.45) is 0. The smallest absolute Gasteiger partial charge is 0.254 e. The number of hydrogen-bond donors (Lipinski definition) is 6. The van der Waals surface area contributed by atoms with Gasteiger partial charge >= 0.3 is 0 Å². The Kier molecular flexibility index (Phi) is 4.49. The van der Waals surface area contributed by atoms with Crippen molar-refractivity contribution in [2.24, 2.45) is 0 Å². The Morgan fingerprint density at radius 1 is 1.17 bits per heavy atom. The molecule has 1 rings (SSSR count). The average molecular weight is 255 g/mol. The van der Waals surface area contributed by atoms with Gasteiger partial charge in [0.05, 0.1) is 25.4 Å². The number of carbonyl (C=O) groups excluding carboxylic acids is 1. The topological polar surface area (TPSA) is 142 Å². The molecule has 0 saturated carbocycles. The van der Waals surface area contributed by atoms with Crippen molar-refractivity contribution < 1.29 is 20.1 Å². The van der Waals surface area contributed by atoms with Gasteiger partial charge in [-0.05, 0) is 18.2 Å². The van der Waals surface area contributed by atoms with Gasteiger partial charge < -0.3 is 32.1 Å².